The molecule has 2 aliphatic heterocycles. The topological polar surface area (TPSA) is 173 Å². The number of rotatable bonds is 7. The van der Waals surface area contributed by atoms with Gasteiger partial charge in [0.1, 0.15) is 23.3 Å². The third-order valence-electron chi connectivity index (χ3n) is 11.8. The van der Waals surface area contributed by atoms with Crippen LogP contribution in [-0.2, 0) is 30.4 Å². The van der Waals surface area contributed by atoms with Crippen molar-refractivity contribution in [1.82, 2.24) is 20.3 Å². The average Bonchev–Trinajstić information content (AvgIpc) is 3.54. The van der Waals surface area contributed by atoms with Gasteiger partial charge in [0.2, 0.25) is 11.7 Å². The molecule has 4 saturated carbocycles. The third kappa shape index (κ3) is 4.16. The van der Waals surface area contributed by atoms with Gasteiger partial charge in [-0.3, -0.25) is 14.4 Å². The summed E-state index contributed by atoms with van der Waals surface area (Å²) >= 11 is 5.94. The molecule has 0 radical (unpaired) electrons. The first-order chi connectivity index (χ1) is 21.8. The first-order valence-electron chi connectivity index (χ1n) is 15.9. The Morgan fingerprint density at radius 1 is 1.17 bits per heavy atom. The van der Waals surface area contributed by atoms with Crippen LogP contribution in [0.5, 0.6) is 0 Å². The molecular formula is C33H39ClN4O8. The monoisotopic (exact) mass is 654 g/mol. The van der Waals surface area contributed by atoms with Gasteiger partial charge in [0.15, 0.2) is 5.78 Å². The molecule has 246 valence electrons. The van der Waals surface area contributed by atoms with E-state index in [0.717, 1.165) is 5.69 Å². The van der Waals surface area contributed by atoms with E-state index in [1.165, 1.54) is 0 Å². The Morgan fingerprint density at radius 2 is 1.91 bits per heavy atom. The van der Waals surface area contributed by atoms with Crippen molar-refractivity contribution >= 4 is 29.3 Å². The van der Waals surface area contributed by atoms with Gasteiger partial charge in [-0.1, -0.05) is 37.2 Å². The number of ketones is 1. The zero-order valence-corrected chi connectivity index (χ0v) is 26.6. The number of ether oxygens (including phenoxy) is 2. The lowest BCUT2D eigenvalue weighted by atomic mass is 9.35. The average molecular weight is 655 g/mol. The zero-order chi connectivity index (χ0) is 32.8. The minimum atomic E-state index is -2.33. The molecule has 46 heavy (non-hydrogen) atoms. The summed E-state index contributed by atoms with van der Waals surface area (Å²) in [7, 11) is 0. The number of aromatic nitrogens is 3. The van der Waals surface area contributed by atoms with Gasteiger partial charge in [-0.2, -0.15) is 0 Å². The Kier molecular flexibility index (Phi) is 7.30. The van der Waals surface area contributed by atoms with Crippen LogP contribution in [0.3, 0.4) is 0 Å². The SMILES string of the molecule is C=C1C(=O)[C@]23[C@H](OC(=O)CCC(=O)NCc4cn(-c5ccc(Cl)cc5)nn4)[C@H]1CC[C@H]2[C@@]12CO[C@]3(O)[C@@H](O)[C@@H]1C(C)(C)CC[C@@H]2O. The van der Waals surface area contributed by atoms with Crippen molar-refractivity contribution in [3.05, 3.63) is 53.3 Å². The van der Waals surface area contributed by atoms with Crippen LogP contribution in [0.2, 0.25) is 5.02 Å². The van der Waals surface area contributed by atoms with Crippen LogP contribution >= 0.6 is 11.6 Å². The van der Waals surface area contributed by atoms with E-state index in [9.17, 15) is 29.7 Å². The highest BCUT2D eigenvalue weighted by atomic mass is 35.5. The van der Waals surface area contributed by atoms with Crippen molar-refractivity contribution in [3.8, 4) is 5.69 Å². The van der Waals surface area contributed by atoms with Crippen LogP contribution in [0.4, 0.5) is 0 Å². The summed E-state index contributed by atoms with van der Waals surface area (Å²) in [6.45, 7) is 8.13. The van der Waals surface area contributed by atoms with Crippen molar-refractivity contribution in [3.63, 3.8) is 0 Å². The summed E-state index contributed by atoms with van der Waals surface area (Å²) in [5.74, 6) is -5.68. The number of esters is 1. The second-order valence-electron chi connectivity index (χ2n) is 14.3. The summed E-state index contributed by atoms with van der Waals surface area (Å²) in [4.78, 5) is 40.2. The Hall–Kier alpha value is -3.16. The fourth-order valence-corrected chi connectivity index (χ4v) is 9.96. The number of fused-ring (bicyclic) bond motifs is 2. The molecule has 1 aromatic heterocycles. The van der Waals surface area contributed by atoms with Gasteiger partial charge in [0.05, 0.1) is 37.6 Å². The van der Waals surface area contributed by atoms with E-state index in [-0.39, 0.29) is 31.6 Å². The number of carbonyl (C=O) groups is 3. The van der Waals surface area contributed by atoms with Crippen molar-refractivity contribution < 1.29 is 39.2 Å². The molecule has 4 bridgehead atoms. The van der Waals surface area contributed by atoms with E-state index < -0.39 is 75.8 Å². The van der Waals surface area contributed by atoms with E-state index in [1.807, 2.05) is 13.8 Å². The first-order valence-corrected chi connectivity index (χ1v) is 16.2. The number of hydrogen-bond donors (Lipinski definition) is 4. The fraction of sp³-hybridized carbons (Fsp3) is 0.606. The maximum absolute atomic E-state index is 14.2. The lowest BCUT2D eigenvalue weighted by Crippen LogP contribution is -2.85. The molecule has 1 aromatic carbocycles. The highest BCUT2D eigenvalue weighted by Gasteiger charge is 2.87. The number of aliphatic hydroxyl groups excluding tert-OH is 2. The Morgan fingerprint density at radius 3 is 2.65 bits per heavy atom. The van der Waals surface area contributed by atoms with Gasteiger partial charge >= 0.3 is 5.97 Å². The molecule has 2 saturated heterocycles. The molecule has 12 nitrogen and oxygen atoms in total. The second kappa shape index (κ2) is 10.7. The van der Waals surface area contributed by atoms with E-state index >= 15 is 0 Å². The van der Waals surface area contributed by atoms with Crippen LogP contribution in [-0.4, -0.2) is 78.7 Å². The number of carbonyl (C=O) groups excluding carboxylic acids is 3. The van der Waals surface area contributed by atoms with Crippen LogP contribution < -0.4 is 5.32 Å². The molecule has 13 heteroatoms. The predicted molar refractivity (Wildman–Crippen MR) is 162 cm³/mol. The van der Waals surface area contributed by atoms with Crippen LogP contribution in [0, 0.1) is 34.0 Å². The summed E-state index contributed by atoms with van der Waals surface area (Å²) in [5, 5.41) is 47.1. The molecule has 6 aliphatic rings. The molecule has 9 atom stereocenters. The van der Waals surface area contributed by atoms with E-state index in [4.69, 9.17) is 21.1 Å². The lowest BCUT2D eigenvalue weighted by molar-refractivity contribution is -0.458. The quantitative estimate of drug-likeness (QED) is 0.256. The van der Waals surface area contributed by atoms with E-state index in [0.29, 0.717) is 36.4 Å². The molecule has 2 aromatic rings. The number of benzene rings is 1. The Bertz CT molecular complexity index is 1610. The molecule has 3 heterocycles. The summed E-state index contributed by atoms with van der Waals surface area (Å²) in [6.07, 6.45) is -0.273. The van der Waals surface area contributed by atoms with Crippen LogP contribution in [0.25, 0.3) is 5.69 Å². The number of aliphatic hydroxyl groups is 3. The van der Waals surface area contributed by atoms with Gasteiger partial charge in [-0.05, 0) is 66.9 Å². The van der Waals surface area contributed by atoms with E-state index in [1.54, 1.807) is 35.1 Å². The van der Waals surface area contributed by atoms with Crippen molar-refractivity contribution in [1.29, 1.82) is 0 Å². The van der Waals surface area contributed by atoms with Gasteiger partial charge in [-0.25, -0.2) is 4.68 Å². The Labute approximate surface area is 271 Å². The molecule has 4 aliphatic carbocycles. The number of Topliss-reactive ketones (excluding diaryl/α,β-unsaturated/α-hetero) is 1. The summed E-state index contributed by atoms with van der Waals surface area (Å²) < 4.78 is 13.6. The summed E-state index contributed by atoms with van der Waals surface area (Å²) in [5.41, 5.74) is -1.80. The van der Waals surface area contributed by atoms with Crippen LogP contribution in [0.1, 0.15) is 58.1 Å². The normalized spacial score (nSPS) is 38.7. The van der Waals surface area contributed by atoms with Gasteiger partial charge in [0.25, 0.3) is 0 Å². The molecule has 2 spiro atoms. The number of amides is 1. The van der Waals surface area contributed by atoms with E-state index in [2.05, 4.69) is 22.2 Å². The second-order valence-corrected chi connectivity index (χ2v) is 14.8. The van der Waals surface area contributed by atoms with Crippen LogP contribution in [0.15, 0.2) is 42.6 Å². The minimum Gasteiger partial charge on any atom is -0.460 e. The smallest absolute Gasteiger partial charge is 0.306 e. The highest BCUT2D eigenvalue weighted by Crippen LogP contribution is 2.76. The lowest BCUT2D eigenvalue weighted by Gasteiger charge is -2.74. The fourth-order valence-electron chi connectivity index (χ4n) is 9.83. The number of hydrogen-bond acceptors (Lipinski definition) is 10. The third-order valence-corrected chi connectivity index (χ3v) is 12.0. The van der Waals surface area contributed by atoms with Crippen molar-refractivity contribution in [2.75, 3.05) is 6.61 Å². The standard InChI is InChI=1S/C33H39ClN4O8/c1-17-21-8-9-22-31-16-45-33(44,28(43)26(31)30(2,3)13-12-23(31)39)32(22,27(17)42)29(21)46-25(41)11-10-24(40)35-14-19-15-38(37-36-19)20-6-4-18(34)5-7-20/h4-7,15,21-23,26,28-29,39,43-44H,1,8-14,16H2,2-3H3,(H,35,40)/t21-,22-,23-,26+,28-,29+,31+,32-,33+/m0/s1. The highest BCUT2D eigenvalue weighted by molar-refractivity contribution is 6.30. The maximum Gasteiger partial charge on any atom is 0.306 e. The van der Waals surface area contributed by atoms with Gasteiger partial charge in [-0.15, -0.1) is 5.10 Å². The molecule has 8 rings (SSSR count). The van der Waals surface area contributed by atoms with Crippen molar-refractivity contribution in [2.24, 2.45) is 34.0 Å². The molecule has 1 amide bonds. The largest absolute Gasteiger partial charge is 0.460 e. The van der Waals surface area contributed by atoms with Gasteiger partial charge < -0.3 is 30.1 Å². The molecule has 0 unspecified atom stereocenters. The molecular weight excluding hydrogens is 616 g/mol. The number of halogens is 1. The summed E-state index contributed by atoms with van der Waals surface area (Å²) in [6, 6.07) is 7.03. The minimum absolute atomic E-state index is 0.0129. The number of nitrogens with one attached hydrogen (secondary N) is 1. The molecule has 4 N–H and O–H groups in total. The Balaban J connectivity index is 1.06. The zero-order valence-electron chi connectivity index (χ0n) is 25.8. The maximum atomic E-state index is 14.2. The predicted octanol–water partition coefficient (Wildman–Crippen LogP) is 2.26. The number of nitrogens with zero attached hydrogens (tertiary/aromatic N) is 3. The van der Waals surface area contributed by atoms with Crippen molar-refractivity contribution in [2.45, 2.75) is 83.0 Å². The van der Waals surface area contributed by atoms with Gasteiger partial charge in [0, 0.05) is 28.7 Å². The first kappa shape index (κ1) is 31.4. The molecule has 6 fully saturated rings.